The van der Waals surface area contributed by atoms with Gasteiger partial charge in [0.05, 0.1) is 0 Å². The van der Waals surface area contributed by atoms with Crippen LogP contribution in [0.4, 0.5) is 0 Å². The molecule has 0 radical (unpaired) electrons. The third-order valence-electron chi connectivity index (χ3n) is 4.63. The zero-order chi connectivity index (χ0) is 11.6. The highest BCUT2D eigenvalue weighted by molar-refractivity contribution is 4.86. The van der Waals surface area contributed by atoms with Gasteiger partial charge >= 0.3 is 0 Å². The van der Waals surface area contributed by atoms with Crippen LogP contribution in [0.25, 0.3) is 0 Å². The van der Waals surface area contributed by atoms with Gasteiger partial charge in [0.25, 0.3) is 0 Å². The second-order valence-electron chi connectivity index (χ2n) is 7.00. The molecule has 0 bridgehead atoms. The minimum absolute atomic E-state index is 0.576. The highest BCUT2D eigenvalue weighted by Crippen LogP contribution is 2.34. The molecular formula is C14H28N2. The van der Waals surface area contributed by atoms with Crippen molar-refractivity contribution in [1.29, 1.82) is 0 Å². The molecule has 16 heavy (non-hydrogen) atoms. The van der Waals surface area contributed by atoms with Crippen LogP contribution in [0.1, 0.15) is 46.5 Å². The van der Waals surface area contributed by atoms with Gasteiger partial charge in [0.1, 0.15) is 0 Å². The molecule has 2 aliphatic rings. The minimum atomic E-state index is 0.576. The van der Waals surface area contributed by atoms with Gasteiger partial charge in [-0.25, -0.2) is 0 Å². The van der Waals surface area contributed by atoms with Crippen LogP contribution in [-0.2, 0) is 0 Å². The molecule has 2 rings (SSSR count). The Hall–Kier alpha value is -0.0800. The number of nitrogens with zero attached hydrogens (tertiary/aromatic N) is 1. The van der Waals surface area contributed by atoms with Crippen molar-refractivity contribution in [1.82, 2.24) is 10.2 Å². The third-order valence-corrected chi connectivity index (χ3v) is 4.63. The Bertz CT molecular complexity index is 219. The van der Waals surface area contributed by atoms with Crippen molar-refractivity contribution in [3.63, 3.8) is 0 Å². The lowest BCUT2D eigenvalue weighted by molar-refractivity contribution is 0.0736. The van der Waals surface area contributed by atoms with E-state index in [1.54, 1.807) is 0 Å². The van der Waals surface area contributed by atoms with Crippen LogP contribution in [-0.4, -0.2) is 37.6 Å². The molecule has 2 heterocycles. The first kappa shape index (κ1) is 12.4. The summed E-state index contributed by atoms with van der Waals surface area (Å²) >= 11 is 0. The first-order valence-corrected chi connectivity index (χ1v) is 6.92. The lowest BCUT2D eigenvalue weighted by Gasteiger charge is -2.43. The normalized spacial score (nSPS) is 30.2. The number of likely N-dealkylation sites (tertiary alicyclic amines) is 1. The summed E-state index contributed by atoms with van der Waals surface area (Å²) in [5.41, 5.74) is 1.16. The van der Waals surface area contributed by atoms with E-state index in [-0.39, 0.29) is 0 Å². The molecule has 2 nitrogen and oxygen atoms in total. The van der Waals surface area contributed by atoms with Crippen LogP contribution in [0.2, 0.25) is 0 Å². The Morgan fingerprint density at radius 1 is 0.938 bits per heavy atom. The van der Waals surface area contributed by atoms with Gasteiger partial charge in [-0.15, -0.1) is 0 Å². The molecule has 0 aliphatic carbocycles. The summed E-state index contributed by atoms with van der Waals surface area (Å²) in [6.45, 7) is 13.7. The molecule has 0 aromatic rings. The average molecular weight is 224 g/mol. The molecule has 0 spiro atoms. The zero-order valence-electron chi connectivity index (χ0n) is 11.3. The average Bonchev–Trinajstić information content (AvgIpc) is 2.22. The number of piperidine rings is 2. The van der Waals surface area contributed by atoms with Gasteiger partial charge in [-0.05, 0) is 62.7 Å². The van der Waals surface area contributed by atoms with Gasteiger partial charge in [-0.3, -0.25) is 0 Å². The Kier molecular flexibility index (Phi) is 3.60. The van der Waals surface area contributed by atoms with Crippen molar-refractivity contribution in [2.75, 3.05) is 32.7 Å². The van der Waals surface area contributed by atoms with Gasteiger partial charge in [0.2, 0.25) is 0 Å². The van der Waals surface area contributed by atoms with E-state index >= 15 is 0 Å². The molecule has 0 aromatic heterocycles. The standard InChI is InChI=1S/C14H28N2/c1-13(2)6-10-16(11-7-13)12-14(3)4-8-15-9-5-14/h15H,4-12H2,1-3H3. The first-order valence-electron chi connectivity index (χ1n) is 6.92. The van der Waals surface area contributed by atoms with Crippen molar-refractivity contribution < 1.29 is 0 Å². The zero-order valence-corrected chi connectivity index (χ0v) is 11.3. The number of rotatable bonds is 2. The van der Waals surface area contributed by atoms with Crippen molar-refractivity contribution >= 4 is 0 Å². The molecule has 0 saturated carbocycles. The predicted octanol–water partition coefficient (Wildman–Crippen LogP) is 2.50. The molecule has 2 fully saturated rings. The summed E-state index contributed by atoms with van der Waals surface area (Å²) in [6, 6.07) is 0. The fraction of sp³-hybridized carbons (Fsp3) is 1.00. The first-order chi connectivity index (χ1) is 7.49. The number of hydrogen-bond donors (Lipinski definition) is 1. The quantitative estimate of drug-likeness (QED) is 0.775. The largest absolute Gasteiger partial charge is 0.317 e. The van der Waals surface area contributed by atoms with E-state index in [0.717, 1.165) is 0 Å². The molecule has 0 unspecified atom stereocenters. The predicted molar refractivity (Wildman–Crippen MR) is 69.7 cm³/mol. The van der Waals surface area contributed by atoms with Gasteiger partial charge in [-0.1, -0.05) is 20.8 Å². The van der Waals surface area contributed by atoms with Crippen molar-refractivity contribution in [2.24, 2.45) is 10.8 Å². The highest BCUT2D eigenvalue weighted by Gasteiger charge is 2.32. The Morgan fingerprint density at radius 3 is 2.06 bits per heavy atom. The number of nitrogens with one attached hydrogen (secondary N) is 1. The maximum absolute atomic E-state index is 3.47. The molecule has 2 saturated heterocycles. The van der Waals surface area contributed by atoms with Crippen LogP contribution in [0.3, 0.4) is 0 Å². The monoisotopic (exact) mass is 224 g/mol. The van der Waals surface area contributed by atoms with Gasteiger partial charge in [0.15, 0.2) is 0 Å². The summed E-state index contributed by atoms with van der Waals surface area (Å²) < 4.78 is 0. The van der Waals surface area contributed by atoms with E-state index in [9.17, 15) is 0 Å². The maximum Gasteiger partial charge on any atom is 0.00363 e. The van der Waals surface area contributed by atoms with Gasteiger partial charge in [-0.2, -0.15) is 0 Å². The van der Waals surface area contributed by atoms with E-state index in [2.05, 4.69) is 31.0 Å². The lowest BCUT2D eigenvalue weighted by Crippen LogP contribution is -2.46. The fourth-order valence-corrected chi connectivity index (χ4v) is 3.04. The summed E-state index contributed by atoms with van der Waals surface area (Å²) in [5, 5.41) is 3.47. The highest BCUT2D eigenvalue weighted by atomic mass is 15.1. The van der Waals surface area contributed by atoms with Crippen molar-refractivity contribution in [3.8, 4) is 0 Å². The maximum atomic E-state index is 3.47. The second-order valence-corrected chi connectivity index (χ2v) is 7.00. The topological polar surface area (TPSA) is 15.3 Å². The third kappa shape index (κ3) is 3.21. The van der Waals surface area contributed by atoms with Crippen LogP contribution < -0.4 is 5.32 Å². The smallest absolute Gasteiger partial charge is 0.00363 e. The van der Waals surface area contributed by atoms with Crippen molar-refractivity contribution in [2.45, 2.75) is 46.5 Å². The molecule has 1 N–H and O–H groups in total. The Balaban J connectivity index is 1.81. The second kappa shape index (κ2) is 4.66. The van der Waals surface area contributed by atoms with Gasteiger partial charge in [0, 0.05) is 6.54 Å². The fourth-order valence-electron chi connectivity index (χ4n) is 3.04. The summed E-state index contributed by atoms with van der Waals surface area (Å²) in [4.78, 5) is 2.70. The lowest BCUT2D eigenvalue weighted by atomic mass is 9.78. The van der Waals surface area contributed by atoms with E-state index in [1.807, 2.05) is 0 Å². The molecule has 94 valence electrons. The van der Waals surface area contributed by atoms with Crippen LogP contribution >= 0.6 is 0 Å². The van der Waals surface area contributed by atoms with Crippen LogP contribution in [0.15, 0.2) is 0 Å². The molecule has 0 atom stereocenters. The van der Waals surface area contributed by atoms with Crippen molar-refractivity contribution in [3.05, 3.63) is 0 Å². The Labute approximate surface area is 101 Å². The molecule has 2 aliphatic heterocycles. The molecule has 2 heteroatoms. The van der Waals surface area contributed by atoms with E-state index in [0.29, 0.717) is 10.8 Å². The summed E-state index contributed by atoms with van der Waals surface area (Å²) in [5.74, 6) is 0. The SMILES string of the molecule is CC1(C)CCN(CC2(C)CCNCC2)CC1. The van der Waals surface area contributed by atoms with Crippen LogP contribution in [0.5, 0.6) is 0 Å². The minimum Gasteiger partial charge on any atom is -0.317 e. The summed E-state index contributed by atoms with van der Waals surface area (Å²) in [7, 11) is 0. The Morgan fingerprint density at radius 2 is 1.50 bits per heavy atom. The summed E-state index contributed by atoms with van der Waals surface area (Å²) in [6.07, 6.45) is 5.46. The molecule has 0 amide bonds. The van der Waals surface area contributed by atoms with E-state index in [1.165, 1.54) is 58.4 Å². The molecule has 0 aromatic carbocycles. The molecular weight excluding hydrogens is 196 g/mol. The van der Waals surface area contributed by atoms with E-state index in [4.69, 9.17) is 0 Å². The van der Waals surface area contributed by atoms with E-state index < -0.39 is 0 Å². The van der Waals surface area contributed by atoms with Gasteiger partial charge < -0.3 is 10.2 Å². The van der Waals surface area contributed by atoms with Crippen LogP contribution in [0, 0.1) is 10.8 Å². The number of hydrogen-bond acceptors (Lipinski definition) is 2.